The Labute approximate surface area is 121 Å². The zero-order valence-corrected chi connectivity index (χ0v) is 11.9. The highest BCUT2D eigenvalue weighted by atomic mass is 32.2. The van der Waals surface area contributed by atoms with Crippen molar-refractivity contribution in [1.29, 1.82) is 0 Å². The number of allylic oxidation sites excluding steroid dienone is 6. The highest BCUT2D eigenvalue weighted by Crippen LogP contribution is 2.40. The van der Waals surface area contributed by atoms with Gasteiger partial charge in [0.1, 0.15) is 0 Å². The Morgan fingerprint density at radius 3 is 2.95 bits per heavy atom. The van der Waals surface area contributed by atoms with Gasteiger partial charge in [-0.15, -0.1) is 11.8 Å². The minimum Gasteiger partial charge on any atom is -0.466 e. The number of thioether (sulfide) groups is 1. The van der Waals surface area contributed by atoms with Crippen LogP contribution in [-0.2, 0) is 14.3 Å². The predicted molar refractivity (Wildman–Crippen MR) is 79.1 cm³/mol. The molecule has 1 heterocycles. The van der Waals surface area contributed by atoms with Gasteiger partial charge in [0, 0.05) is 16.1 Å². The summed E-state index contributed by atoms with van der Waals surface area (Å²) in [6, 6.07) is 0. The number of esters is 1. The lowest BCUT2D eigenvalue weighted by Gasteiger charge is -2.18. The van der Waals surface area contributed by atoms with Gasteiger partial charge in [0.15, 0.2) is 5.78 Å². The zero-order valence-electron chi connectivity index (χ0n) is 11.1. The minimum atomic E-state index is -0.305. The van der Waals surface area contributed by atoms with E-state index in [1.807, 2.05) is 24.3 Å². The molecule has 3 aliphatic rings. The molecule has 0 fully saturated rings. The molecule has 0 radical (unpaired) electrons. The molecular formula is C16H14O3S. The van der Waals surface area contributed by atoms with Gasteiger partial charge in [-0.1, -0.05) is 24.3 Å². The fraction of sp³-hybridized carbons (Fsp3) is 0.250. The smallest absolute Gasteiger partial charge is 0.333 e. The number of ether oxygens (including phenoxy) is 1. The predicted octanol–water partition coefficient (Wildman–Crippen LogP) is 2.87. The van der Waals surface area contributed by atoms with Crippen molar-refractivity contribution in [3.8, 4) is 0 Å². The molecule has 4 heteroatoms. The van der Waals surface area contributed by atoms with E-state index in [1.54, 1.807) is 17.8 Å². The first-order chi connectivity index (χ1) is 9.69. The summed E-state index contributed by atoms with van der Waals surface area (Å²) in [6.45, 7) is 0. The lowest BCUT2D eigenvalue weighted by atomic mass is 9.94. The Morgan fingerprint density at radius 1 is 1.30 bits per heavy atom. The van der Waals surface area contributed by atoms with Crippen molar-refractivity contribution < 1.29 is 14.3 Å². The standard InChI is InChI=1S/C16H14O3S/c1-19-16(18)11-6-7-12-13(17)8-10-4-2-3-5-14(10)20-15(12)9-11/h2-5,8-9,14H,6-7H2,1H3. The molecular weight excluding hydrogens is 272 g/mol. The van der Waals surface area contributed by atoms with Gasteiger partial charge in [0.25, 0.3) is 0 Å². The maximum atomic E-state index is 12.3. The summed E-state index contributed by atoms with van der Waals surface area (Å²) in [6.07, 6.45) is 12.7. The van der Waals surface area contributed by atoms with E-state index in [4.69, 9.17) is 4.74 Å². The van der Waals surface area contributed by atoms with Crippen molar-refractivity contribution in [1.82, 2.24) is 0 Å². The van der Waals surface area contributed by atoms with Gasteiger partial charge < -0.3 is 4.74 Å². The van der Waals surface area contributed by atoms with Crippen LogP contribution < -0.4 is 0 Å². The molecule has 0 spiro atoms. The van der Waals surface area contributed by atoms with Gasteiger partial charge in [0.2, 0.25) is 0 Å². The zero-order chi connectivity index (χ0) is 14.1. The summed E-state index contributed by atoms with van der Waals surface area (Å²) < 4.78 is 4.77. The first-order valence-electron chi connectivity index (χ1n) is 6.48. The number of fused-ring (bicyclic) bond motifs is 1. The summed E-state index contributed by atoms with van der Waals surface area (Å²) in [7, 11) is 1.38. The highest BCUT2D eigenvalue weighted by Gasteiger charge is 2.28. The molecule has 1 unspecified atom stereocenters. The van der Waals surface area contributed by atoms with E-state index in [-0.39, 0.29) is 17.0 Å². The fourth-order valence-corrected chi connectivity index (χ4v) is 3.77. The van der Waals surface area contributed by atoms with Gasteiger partial charge >= 0.3 is 5.97 Å². The maximum absolute atomic E-state index is 12.3. The average molecular weight is 286 g/mol. The van der Waals surface area contributed by atoms with E-state index in [9.17, 15) is 9.59 Å². The lowest BCUT2D eigenvalue weighted by Crippen LogP contribution is -2.11. The van der Waals surface area contributed by atoms with Gasteiger partial charge in [0.05, 0.1) is 12.4 Å². The lowest BCUT2D eigenvalue weighted by molar-refractivity contribution is -0.136. The van der Waals surface area contributed by atoms with E-state index in [0.717, 1.165) is 16.1 Å². The van der Waals surface area contributed by atoms with Gasteiger partial charge in [-0.25, -0.2) is 4.79 Å². The Hall–Kier alpha value is -1.81. The van der Waals surface area contributed by atoms with Crippen molar-refractivity contribution in [3.05, 3.63) is 58.1 Å². The molecule has 0 aromatic carbocycles. The number of rotatable bonds is 1. The SMILES string of the molecule is COC(=O)C1=CC2=C(CC1)C(=O)C=C1C=CC=CC1S2. The molecule has 3 nitrogen and oxygen atoms in total. The normalized spacial score (nSPS) is 24.4. The van der Waals surface area contributed by atoms with Crippen LogP contribution in [0.1, 0.15) is 12.8 Å². The summed E-state index contributed by atoms with van der Waals surface area (Å²) in [5.74, 6) is -0.244. The summed E-state index contributed by atoms with van der Waals surface area (Å²) in [5.41, 5.74) is 2.47. The van der Waals surface area contributed by atoms with Crippen LogP contribution in [0.5, 0.6) is 0 Å². The number of hydrogen-bond donors (Lipinski definition) is 0. The maximum Gasteiger partial charge on any atom is 0.333 e. The molecule has 0 saturated carbocycles. The number of ketones is 1. The first-order valence-corrected chi connectivity index (χ1v) is 7.36. The number of carbonyl (C=O) groups excluding carboxylic acids is 2. The summed E-state index contributed by atoms with van der Waals surface area (Å²) >= 11 is 1.62. The van der Waals surface area contributed by atoms with Gasteiger partial charge in [-0.2, -0.15) is 0 Å². The van der Waals surface area contributed by atoms with Gasteiger partial charge in [-0.3, -0.25) is 4.79 Å². The molecule has 0 bridgehead atoms. The minimum absolute atomic E-state index is 0.0603. The van der Waals surface area contributed by atoms with E-state index in [2.05, 4.69) is 6.08 Å². The van der Waals surface area contributed by atoms with Crippen LogP contribution in [0, 0.1) is 0 Å². The van der Waals surface area contributed by atoms with E-state index >= 15 is 0 Å². The average Bonchev–Trinajstić information content (AvgIpc) is 2.61. The van der Waals surface area contributed by atoms with Crippen LogP contribution in [0.4, 0.5) is 0 Å². The molecule has 3 rings (SSSR count). The third-order valence-corrected chi connectivity index (χ3v) is 4.86. The highest BCUT2D eigenvalue weighted by molar-refractivity contribution is 8.04. The third kappa shape index (κ3) is 2.31. The molecule has 0 amide bonds. The van der Waals surface area contributed by atoms with Crippen LogP contribution >= 0.6 is 11.8 Å². The monoisotopic (exact) mass is 286 g/mol. The largest absolute Gasteiger partial charge is 0.466 e. The topological polar surface area (TPSA) is 43.4 Å². The molecule has 20 heavy (non-hydrogen) atoms. The molecule has 0 aromatic rings. The molecule has 102 valence electrons. The second kappa shape index (κ2) is 5.29. The first kappa shape index (κ1) is 13.2. The molecule has 1 aliphatic heterocycles. The molecule has 0 saturated heterocycles. The van der Waals surface area contributed by atoms with Crippen molar-refractivity contribution in [2.24, 2.45) is 0 Å². The van der Waals surface area contributed by atoms with Crippen LogP contribution in [0.15, 0.2) is 58.1 Å². The third-order valence-electron chi connectivity index (χ3n) is 3.56. The van der Waals surface area contributed by atoms with Crippen molar-refractivity contribution in [2.45, 2.75) is 18.1 Å². The van der Waals surface area contributed by atoms with Gasteiger partial charge in [-0.05, 0) is 30.6 Å². The molecule has 2 aliphatic carbocycles. The van der Waals surface area contributed by atoms with E-state index < -0.39 is 0 Å². The Balaban J connectivity index is 1.98. The molecule has 0 aromatic heterocycles. The van der Waals surface area contributed by atoms with Crippen LogP contribution in [-0.4, -0.2) is 24.1 Å². The van der Waals surface area contributed by atoms with Crippen molar-refractivity contribution in [3.63, 3.8) is 0 Å². The number of methoxy groups -OCH3 is 1. The van der Waals surface area contributed by atoms with Crippen LogP contribution in [0.3, 0.4) is 0 Å². The number of carbonyl (C=O) groups is 2. The summed E-state index contributed by atoms with van der Waals surface area (Å²) in [4.78, 5) is 24.8. The molecule has 1 atom stereocenters. The van der Waals surface area contributed by atoms with E-state index in [0.29, 0.717) is 18.4 Å². The van der Waals surface area contributed by atoms with Crippen molar-refractivity contribution in [2.75, 3.05) is 7.11 Å². The Morgan fingerprint density at radius 2 is 2.15 bits per heavy atom. The van der Waals surface area contributed by atoms with Crippen LogP contribution in [0.25, 0.3) is 0 Å². The second-order valence-corrected chi connectivity index (χ2v) is 5.98. The van der Waals surface area contributed by atoms with Crippen LogP contribution in [0.2, 0.25) is 0 Å². The number of hydrogen-bond acceptors (Lipinski definition) is 4. The van der Waals surface area contributed by atoms with E-state index in [1.165, 1.54) is 7.11 Å². The Kier molecular flexibility index (Phi) is 3.49. The Bertz CT molecular complexity index is 632. The second-order valence-electron chi connectivity index (χ2n) is 4.80. The summed E-state index contributed by atoms with van der Waals surface area (Å²) in [5, 5.41) is 0.143. The quantitative estimate of drug-likeness (QED) is 0.695. The molecule has 0 N–H and O–H groups in total. The van der Waals surface area contributed by atoms with Crippen molar-refractivity contribution >= 4 is 23.5 Å². The fourth-order valence-electron chi connectivity index (χ4n) is 2.49.